The molecule has 0 bridgehead atoms. The molecular formula is C34H53N3O5. The number of ether oxygens (including phenoxy) is 1. The number of aromatic hydroxyl groups is 1. The molecule has 4 fully saturated rings. The molecule has 0 aromatic carbocycles. The largest absolute Gasteiger partial charge is 0.494 e. The van der Waals surface area contributed by atoms with Gasteiger partial charge >= 0.3 is 5.69 Å². The van der Waals surface area contributed by atoms with E-state index in [4.69, 9.17) is 10.5 Å². The summed E-state index contributed by atoms with van der Waals surface area (Å²) in [5.41, 5.74) is 5.70. The molecule has 234 valence electrons. The van der Waals surface area contributed by atoms with Crippen LogP contribution in [-0.4, -0.2) is 38.1 Å². The Labute approximate surface area is 250 Å². The van der Waals surface area contributed by atoms with Gasteiger partial charge in [0.05, 0.1) is 12.2 Å². The van der Waals surface area contributed by atoms with Crippen molar-refractivity contribution in [3.63, 3.8) is 0 Å². The molecule has 11 atom stereocenters. The highest BCUT2D eigenvalue weighted by Crippen LogP contribution is 2.76. The Hall–Kier alpha value is -1.90. The first-order valence-corrected chi connectivity index (χ1v) is 16.4. The Balaban J connectivity index is 1.43. The molecule has 2 heterocycles. The predicted molar refractivity (Wildman–Crippen MR) is 163 cm³/mol. The number of aromatic nitrogens is 2. The van der Waals surface area contributed by atoms with E-state index in [1.54, 1.807) is 0 Å². The molecule has 8 heteroatoms. The molecule has 1 aliphatic heterocycles. The van der Waals surface area contributed by atoms with Crippen LogP contribution in [-0.2, 0) is 24.4 Å². The topological polar surface area (TPSA) is 120 Å². The lowest BCUT2D eigenvalue weighted by Gasteiger charge is -2.60. The summed E-state index contributed by atoms with van der Waals surface area (Å²) < 4.78 is 9.58. The lowest BCUT2D eigenvalue weighted by molar-refractivity contribution is -0.102. The Morgan fingerprint density at radius 1 is 1.12 bits per heavy atom. The average molecular weight is 584 g/mol. The third-order valence-electron chi connectivity index (χ3n) is 14.3. The maximum absolute atomic E-state index is 13.8. The number of rotatable bonds is 5. The van der Waals surface area contributed by atoms with Crippen molar-refractivity contribution in [2.75, 3.05) is 6.54 Å². The fourth-order valence-electron chi connectivity index (χ4n) is 11.2. The molecule has 1 aromatic heterocycles. The first kappa shape index (κ1) is 30.1. The van der Waals surface area contributed by atoms with Crippen molar-refractivity contribution < 1.29 is 14.9 Å². The second-order valence-corrected chi connectivity index (χ2v) is 15.6. The fraction of sp³-hybridized carbons (Fsp3) is 0.824. The van der Waals surface area contributed by atoms with Crippen LogP contribution in [0.5, 0.6) is 5.88 Å². The van der Waals surface area contributed by atoms with Crippen LogP contribution in [0.1, 0.15) is 98.0 Å². The van der Waals surface area contributed by atoms with Crippen molar-refractivity contribution in [3.8, 4) is 5.88 Å². The molecule has 0 spiro atoms. The zero-order valence-electron chi connectivity index (χ0n) is 26.8. The zero-order valence-corrected chi connectivity index (χ0v) is 26.8. The summed E-state index contributed by atoms with van der Waals surface area (Å²) in [6.07, 6.45) is 10.6. The van der Waals surface area contributed by atoms with Gasteiger partial charge in [-0.05, 0) is 105 Å². The maximum atomic E-state index is 13.8. The average Bonchev–Trinajstić information content (AvgIpc) is 3.32. The van der Waals surface area contributed by atoms with Crippen molar-refractivity contribution in [2.45, 2.75) is 110 Å². The van der Waals surface area contributed by atoms with Crippen LogP contribution in [0.15, 0.2) is 21.2 Å². The van der Waals surface area contributed by atoms with Gasteiger partial charge in [0.1, 0.15) is 11.2 Å². The number of nitrogens with zero attached hydrogens (tertiary/aromatic N) is 2. The second kappa shape index (κ2) is 9.80. The van der Waals surface area contributed by atoms with Gasteiger partial charge in [-0.3, -0.25) is 13.9 Å². The van der Waals surface area contributed by atoms with Gasteiger partial charge in [0, 0.05) is 19.5 Å². The number of aliphatic hydroxyl groups is 1. The van der Waals surface area contributed by atoms with Gasteiger partial charge < -0.3 is 20.7 Å². The zero-order chi connectivity index (χ0) is 30.6. The van der Waals surface area contributed by atoms with Crippen LogP contribution < -0.4 is 17.0 Å². The van der Waals surface area contributed by atoms with Crippen molar-refractivity contribution in [3.05, 3.63) is 38.1 Å². The maximum Gasteiger partial charge on any atom is 0.333 e. The third-order valence-corrected chi connectivity index (χ3v) is 14.3. The van der Waals surface area contributed by atoms with E-state index < -0.39 is 16.9 Å². The van der Waals surface area contributed by atoms with Crippen LogP contribution >= 0.6 is 0 Å². The third kappa shape index (κ3) is 3.70. The van der Waals surface area contributed by atoms with E-state index >= 15 is 0 Å². The van der Waals surface area contributed by atoms with Gasteiger partial charge in [-0.1, -0.05) is 46.3 Å². The number of nitrogens with two attached hydrogens (primary N) is 1. The monoisotopic (exact) mass is 583 g/mol. The van der Waals surface area contributed by atoms with E-state index in [9.17, 15) is 19.8 Å². The van der Waals surface area contributed by atoms with E-state index in [-0.39, 0.29) is 51.7 Å². The van der Waals surface area contributed by atoms with Gasteiger partial charge in [0.2, 0.25) is 5.88 Å². The summed E-state index contributed by atoms with van der Waals surface area (Å²) >= 11 is 0. The fourth-order valence-corrected chi connectivity index (χ4v) is 11.2. The van der Waals surface area contributed by atoms with E-state index in [0.717, 1.165) is 49.5 Å². The highest BCUT2D eigenvalue weighted by atomic mass is 16.5. The summed E-state index contributed by atoms with van der Waals surface area (Å²) in [5, 5.41) is 21.8. The standard InChI is InChI=1S/C34H53N3O5/c1-19(18-35)10-15-34(27-28(39)36(6)30(41)37(7)29(27)40)20(2)33(5)26(42-34)17-25-23-9-8-21-16-22(38)11-13-31(21,3)24(23)12-14-32(25,33)4/h8,19-20,22-26,38-39H,9-18,35H2,1-7H3. The molecule has 3 saturated carbocycles. The Morgan fingerprint density at radius 2 is 1.83 bits per heavy atom. The minimum absolute atomic E-state index is 0.0108. The van der Waals surface area contributed by atoms with Crippen molar-refractivity contribution >= 4 is 0 Å². The molecular weight excluding hydrogens is 530 g/mol. The predicted octanol–water partition coefficient (Wildman–Crippen LogP) is 4.33. The molecule has 1 aromatic rings. The van der Waals surface area contributed by atoms with Crippen LogP contribution in [0.25, 0.3) is 0 Å². The first-order chi connectivity index (χ1) is 19.7. The number of hydrogen-bond donors (Lipinski definition) is 3. The van der Waals surface area contributed by atoms with Crippen LogP contribution in [0.4, 0.5) is 0 Å². The number of fused-ring (bicyclic) bond motifs is 7. The molecule has 11 unspecified atom stereocenters. The van der Waals surface area contributed by atoms with E-state index in [0.29, 0.717) is 30.7 Å². The van der Waals surface area contributed by atoms with Gasteiger partial charge in [0.25, 0.3) is 5.56 Å². The normalized spacial score (nSPS) is 45.0. The van der Waals surface area contributed by atoms with E-state index in [1.807, 2.05) is 0 Å². The SMILES string of the molecule is CC(CN)CCC1(c2c(O)n(C)c(=O)n(C)c2=O)OC2CC3C4CC=C5CC(O)CCC5(C)C4CCC3(C)C2(C)C1C. The summed E-state index contributed by atoms with van der Waals surface area (Å²) in [6.45, 7) is 12.2. The van der Waals surface area contributed by atoms with Crippen LogP contribution in [0, 0.1) is 45.8 Å². The van der Waals surface area contributed by atoms with Gasteiger partial charge in [0.15, 0.2) is 0 Å². The summed E-state index contributed by atoms with van der Waals surface area (Å²) in [7, 11) is 3.01. The minimum Gasteiger partial charge on any atom is -0.494 e. The molecule has 4 N–H and O–H groups in total. The second-order valence-electron chi connectivity index (χ2n) is 15.6. The van der Waals surface area contributed by atoms with Crippen LogP contribution in [0.3, 0.4) is 0 Å². The molecule has 6 rings (SSSR count). The summed E-state index contributed by atoms with van der Waals surface area (Å²) in [4.78, 5) is 26.6. The molecule has 4 aliphatic carbocycles. The molecule has 42 heavy (non-hydrogen) atoms. The summed E-state index contributed by atoms with van der Waals surface area (Å²) in [5.74, 6) is 1.61. The Kier molecular flexibility index (Phi) is 7.03. The number of allylic oxidation sites excluding steroid dienone is 1. The van der Waals surface area contributed by atoms with Gasteiger partial charge in [-0.25, -0.2) is 4.79 Å². The van der Waals surface area contributed by atoms with Gasteiger partial charge in [-0.2, -0.15) is 0 Å². The highest BCUT2D eigenvalue weighted by molar-refractivity contribution is 5.36. The number of hydrogen-bond acceptors (Lipinski definition) is 6. The molecule has 0 amide bonds. The lowest BCUT2D eigenvalue weighted by Crippen LogP contribution is -2.55. The van der Waals surface area contributed by atoms with E-state index in [1.165, 1.54) is 30.7 Å². The van der Waals surface area contributed by atoms with Crippen molar-refractivity contribution in [1.82, 2.24) is 9.13 Å². The molecule has 0 radical (unpaired) electrons. The lowest BCUT2D eigenvalue weighted by atomic mass is 9.44. The highest BCUT2D eigenvalue weighted by Gasteiger charge is 2.74. The van der Waals surface area contributed by atoms with E-state index in [2.05, 4.69) is 40.7 Å². The Bertz CT molecular complexity index is 1410. The van der Waals surface area contributed by atoms with Crippen LogP contribution in [0.2, 0.25) is 0 Å². The molecule has 1 saturated heterocycles. The van der Waals surface area contributed by atoms with Crippen molar-refractivity contribution in [1.29, 1.82) is 0 Å². The smallest absolute Gasteiger partial charge is 0.333 e. The molecule has 8 nitrogen and oxygen atoms in total. The number of aliphatic hydroxyl groups excluding tert-OH is 1. The molecule has 5 aliphatic rings. The quantitative estimate of drug-likeness (QED) is 0.444. The summed E-state index contributed by atoms with van der Waals surface area (Å²) in [6, 6.07) is 0. The van der Waals surface area contributed by atoms with Crippen molar-refractivity contribution in [2.24, 2.45) is 65.7 Å². The van der Waals surface area contributed by atoms with Gasteiger partial charge in [-0.15, -0.1) is 0 Å². The Morgan fingerprint density at radius 3 is 2.52 bits per heavy atom. The first-order valence-electron chi connectivity index (χ1n) is 16.4. The minimum atomic E-state index is -1.01.